The number of carbonyl (C=O) groups is 2. The third kappa shape index (κ3) is 6.21. The Balaban J connectivity index is 0. The molecule has 0 aromatic carbocycles. The second-order valence-corrected chi connectivity index (χ2v) is 4.29. The Bertz CT molecular complexity index is 262. The van der Waals surface area contributed by atoms with Gasteiger partial charge in [-0.1, -0.05) is 33.6 Å². The molecular formula is C12H25ClN2O3. The summed E-state index contributed by atoms with van der Waals surface area (Å²) in [5, 5.41) is 2.66. The number of rotatable bonds is 7. The van der Waals surface area contributed by atoms with Crippen molar-refractivity contribution in [2.24, 2.45) is 11.7 Å². The maximum atomic E-state index is 11.7. The van der Waals surface area contributed by atoms with Gasteiger partial charge in [0.1, 0.15) is 6.04 Å². The molecule has 0 aromatic rings. The van der Waals surface area contributed by atoms with Gasteiger partial charge in [-0.2, -0.15) is 0 Å². The van der Waals surface area contributed by atoms with Crippen LogP contribution >= 0.6 is 12.4 Å². The summed E-state index contributed by atoms with van der Waals surface area (Å²) in [6.45, 7) is 5.81. The summed E-state index contributed by atoms with van der Waals surface area (Å²) in [7, 11) is 1.32. The Morgan fingerprint density at radius 2 is 1.89 bits per heavy atom. The van der Waals surface area contributed by atoms with Gasteiger partial charge in [-0.25, -0.2) is 4.79 Å². The van der Waals surface area contributed by atoms with Gasteiger partial charge in [-0.3, -0.25) is 4.79 Å². The van der Waals surface area contributed by atoms with Crippen molar-refractivity contribution in [2.45, 2.75) is 52.1 Å². The van der Waals surface area contributed by atoms with Crippen LogP contribution in [0.5, 0.6) is 0 Å². The summed E-state index contributed by atoms with van der Waals surface area (Å²) in [6, 6.07) is -1.17. The number of halogens is 1. The summed E-state index contributed by atoms with van der Waals surface area (Å²) in [5.74, 6) is -0.681. The molecular weight excluding hydrogens is 256 g/mol. The summed E-state index contributed by atoms with van der Waals surface area (Å²) < 4.78 is 4.68. The van der Waals surface area contributed by atoms with E-state index in [1.165, 1.54) is 7.11 Å². The van der Waals surface area contributed by atoms with E-state index in [0.717, 1.165) is 12.8 Å². The third-order valence-corrected chi connectivity index (χ3v) is 2.90. The highest BCUT2D eigenvalue weighted by Crippen LogP contribution is 2.09. The molecule has 0 spiro atoms. The fourth-order valence-electron chi connectivity index (χ4n) is 1.50. The number of hydrogen-bond acceptors (Lipinski definition) is 4. The highest BCUT2D eigenvalue weighted by Gasteiger charge is 2.28. The minimum atomic E-state index is -0.611. The smallest absolute Gasteiger partial charge is 0.328 e. The first-order valence-corrected chi connectivity index (χ1v) is 6.11. The van der Waals surface area contributed by atoms with Crippen LogP contribution in [0.1, 0.15) is 40.0 Å². The molecule has 5 nitrogen and oxygen atoms in total. The van der Waals surface area contributed by atoms with Gasteiger partial charge in [-0.15, -0.1) is 12.4 Å². The lowest BCUT2D eigenvalue weighted by molar-refractivity contribution is -0.146. The second-order valence-electron chi connectivity index (χ2n) is 4.29. The topological polar surface area (TPSA) is 81.4 Å². The van der Waals surface area contributed by atoms with Crippen molar-refractivity contribution in [1.82, 2.24) is 5.32 Å². The van der Waals surface area contributed by atoms with Gasteiger partial charge in [0.05, 0.1) is 13.2 Å². The van der Waals surface area contributed by atoms with E-state index in [2.05, 4.69) is 10.1 Å². The molecule has 1 amide bonds. The summed E-state index contributed by atoms with van der Waals surface area (Å²) in [5.41, 5.74) is 5.70. The SMILES string of the molecule is CCCC(N)C(=O)N[C@H](C(=O)OC)[C@@H](C)CC.Cl. The van der Waals surface area contributed by atoms with Crippen molar-refractivity contribution in [1.29, 1.82) is 0 Å². The lowest BCUT2D eigenvalue weighted by Crippen LogP contribution is -2.51. The molecule has 6 heteroatoms. The molecule has 1 unspecified atom stereocenters. The second kappa shape index (κ2) is 10.1. The molecule has 0 aliphatic heterocycles. The molecule has 0 aliphatic rings. The first kappa shape index (κ1) is 19.5. The molecule has 0 fully saturated rings. The zero-order valence-corrected chi connectivity index (χ0v) is 12.4. The largest absolute Gasteiger partial charge is 0.467 e. The molecule has 0 aromatic heterocycles. The first-order valence-electron chi connectivity index (χ1n) is 6.11. The quantitative estimate of drug-likeness (QED) is 0.688. The lowest BCUT2D eigenvalue weighted by atomic mass is 9.98. The zero-order valence-electron chi connectivity index (χ0n) is 11.6. The van der Waals surface area contributed by atoms with E-state index in [9.17, 15) is 9.59 Å². The molecule has 0 aliphatic carbocycles. The minimum Gasteiger partial charge on any atom is -0.467 e. The molecule has 3 atom stereocenters. The first-order chi connectivity index (χ1) is 7.97. The lowest BCUT2D eigenvalue weighted by Gasteiger charge is -2.23. The van der Waals surface area contributed by atoms with Crippen molar-refractivity contribution in [2.75, 3.05) is 7.11 Å². The summed E-state index contributed by atoms with van der Waals surface area (Å²) in [6.07, 6.45) is 2.23. The van der Waals surface area contributed by atoms with E-state index < -0.39 is 18.1 Å². The van der Waals surface area contributed by atoms with E-state index in [0.29, 0.717) is 6.42 Å². The Morgan fingerprint density at radius 1 is 1.33 bits per heavy atom. The van der Waals surface area contributed by atoms with Crippen LogP contribution in [0.25, 0.3) is 0 Å². The average Bonchev–Trinajstić information content (AvgIpc) is 2.33. The van der Waals surface area contributed by atoms with Crippen LogP contribution in [0.3, 0.4) is 0 Å². The molecule has 0 saturated carbocycles. The maximum absolute atomic E-state index is 11.7. The van der Waals surface area contributed by atoms with Gasteiger partial charge >= 0.3 is 5.97 Å². The van der Waals surface area contributed by atoms with Gasteiger partial charge in [0.2, 0.25) is 5.91 Å². The van der Waals surface area contributed by atoms with Crippen LogP contribution in [-0.2, 0) is 14.3 Å². The highest BCUT2D eigenvalue weighted by molar-refractivity contribution is 5.87. The van der Waals surface area contributed by atoms with E-state index in [-0.39, 0.29) is 24.2 Å². The van der Waals surface area contributed by atoms with Crippen molar-refractivity contribution in [3.05, 3.63) is 0 Å². The predicted molar refractivity (Wildman–Crippen MR) is 73.5 cm³/mol. The van der Waals surface area contributed by atoms with Crippen molar-refractivity contribution in [3.8, 4) is 0 Å². The monoisotopic (exact) mass is 280 g/mol. The fraction of sp³-hybridized carbons (Fsp3) is 0.833. The van der Waals surface area contributed by atoms with Gasteiger partial charge in [0.15, 0.2) is 0 Å². The zero-order chi connectivity index (χ0) is 13.4. The van der Waals surface area contributed by atoms with Crippen LogP contribution in [0, 0.1) is 5.92 Å². The number of amides is 1. The number of hydrogen-bond donors (Lipinski definition) is 2. The van der Waals surface area contributed by atoms with Crippen LogP contribution in [0.2, 0.25) is 0 Å². The van der Waals surface area contributed by atoms with Gasteiger partial charge in [0, 0.05) is 0 Å². The Labute approximate surface area is 115 Å². The predicted octanol–water partition coefficient (Wildman–Crippen LogP) is 1.24. The fourth-order valence-corrected chi connectivity index (χ4v) is 1.50. The molecule has 0 radical (unpaired) electrons. The molecule has 0 saturated heterocycles. The van der Waals surface area contributed by atoms with Gasteiger partial charge in [0.25, 0.3) is 0 Å². The number of methoxy groups -OCH3 is 1. The van der Waals surface area contributed by atoms with E-state index in [1.807, 2.05) is 20.8 Å². The Kier molecular flexibility index (Phi) is 11.0. The number of nitrogens with two attached hydrogens (primary N) is 1. The van der Waals surface area contributed by atoms with Crippen LogP contribution in [0.15, 0.2) is 0 Å². The van der Waals surface area contributed by atoms with Crippen molar-refractivity contribution < 1.29 is 14.3 Å². The van der Waals surface area contributed by atoms with Crippen LogP contribution in [-0.4, -0.2) is 31.1 Å². The Hall–Kier alpha value is -0.810. The number of carbonyl (C=O) groups excluding carboxylic acids is 2. The Morgan fingerprint density at radius 3 is 2.28 bits per heavy atom. The van der Waals surface area contributed by atoms with Crippen molar-refractivity contribution in [3.63, 3.8) is 0 Å². The maximum Gasteiger partial charge on any atom is 0.328 e. The van der Waals surface area contributed by atoms with Gasteiger partial charge in [-0.05, 0) is 12.3 Å². The third-order valence-electron chi connectivity index (χ3n) is 2.90. The highest BCUT2D eigenvalue weighted by atomic mass is 35.5. The standard InChI is InChI=1S/C12H24N2O3.ClH/c1-5-7-9(13)11(15)14-10(8(3)6-2)12(16)17-4;/h8-10H,5-7,13H2,1-4H3,(H,14,15);1H/t8-,9?,10-;/m0./s1. The van der Waals surface area contributed by atoms with Gasteiger partial charge < -0.3 is 15.8 Å². The summed E-state index contributed by atoms with van der Waals surface area (Å²) >= 11 is 0. The number of ether oxygens (including phenoxy) is 1. The number of nitrogens with one attached hydrogen (secondary N) is 1. The average molecular weight is 281 g/mol. The van der Waals surface area contributed by atoms with E-state index in [1.54, 1.807) is 0 Å². The van der Waals surface area contributed by atoms with Crippen LogP contribution in [0.4, 0.5) is 0 Å². The summed E-state index contributed by atoms with van der Waals surface area (Å²) in [4.78, 5) is 23.3. The minimum absolute atomic E-state index is 0. The van der Waals surface area contributed by atoms with Crippen molar-refractivity contribution >= 4 is 24.3 Å². The molecule has 18 heavy (non-hydrogen) atoms. The van der Waals surface area contributed by atoms with E-state index >= 15 is 0 Å². The molecule has 0 bridgehead atoms. The molecule has 3 N–H and O–H groups in total. The molecule has 0 heterocycles. The van der Waals surface area contributed by atoms with E-state index in [4.69, 9.17) is 5.73 Å². The molecule has 0 rings (SSSR count). The molecule has 108 valence electrons. The van der Waals surface area contributed by atoms with Crippen LogP contribution < -0.4 is 11.1 Å². The number of esters is 1. The normalized spacial score (nSPS) is 14.9.